The Morgan fingerprint density at radius 1 is 1.14 bits per heavy atom. The van der Waals surface area contributed by atoms with Gasteiger partial charge in [-0.3, -0.25) is 0 Å². The van der Waals surface area contributed by atoms with E-state index in [1.807, 2.05) is 13.8 Å². The predicted molar refractivity (Wildman–Crippen MR) is 167 cm³/mol. The number of nitrogens with two attached hydrogens (primary N) is 1. The van der Waals surface area contributed by atoms with Crippen LogP contribution in [0.15, 0.2) is 55.2 Å². The summed E-state index contributed by atoms with van der Waals surface area (Å²) in [6.07, 6.45) is 23.4. The molecule has 1 saturated carbocycles. The zero-order valence-electron chi connectivity index (χ0n) is 25.0. The zero-order valence-corrected chi connectivity index (χ0v) is 25.0. The summed E-state index contributed by atoms with van der Waals surface area (Å²) >= 11 is 0. The summed E-state index contributed by atoms with van der Waals surface area (Å²) in [6, 6.07) is 7.19. The zero-order chi connectivity index (χ0) is 27.5. The molecular weight excluding hydrogens is 446 g/mol. The first-order valence-electron chi connectivity index (χ1n) is 15.0. The second kappa shape index (κ2) is 20.0. The van der Waals surface area contributed by atoms with E-state index in [-0.39, 0.29) is 0 Å². The fourth-order valence-corrected chi connectivity index (χ4v) is 6.06. The summed E-state index contributed by atoms with van der Waals surface area (Å²) in [4.78, 5) is 0. The van der Waals surface area contributed by atoms with Gasteiger partial charge in [0, 0.05) is 6.42 Å². The summed E-state index contributed by atoms with van der Waals surface area (Å²) < 4.78 is 0. The van der Waals surface area contributed by atoms with Gasteiger partial charge in [-0.1, -0.05) is 81.7 Å². The van der Waals surface area contributed by atoms with Crippen molar-refractivity contribution in [1.29, 1.82) is 0 Å². The molecular formula is C36H57N. The SMILES string of the molecule is C=C(CCCCCC)CCCc1cccc2c1CC1CCC(/C=C/CC(C)CC#CC)C21.C=CC.CN. The molecule has 0 aromatic heterocycles. The molecule has 0 heterocycles. The number of benzene rings is 1. The Labute approximate surface area is 231 Å². The van der Waals surface area contributed by atoms with Crippen LogP contribution < -0.4 is 5.73 Å². The molecule has 0 spiro atoms. The van der Waals surface area contributed by atoms with Gasteiger partial charge in [-0.2, -0.15) is 0 Å². The maximum Gasteiger partial charge on any atom is 0.0117 e. The number of fused-ring (bicyclic) bond motifs is 3. The van der Waals surface area contributed by atoms with Crippen molar-refractivity contribution >= 4 is 0 Å². The molecule has 4 unspecified atom stereocenters. The Morgan fingerprint density at radius 2 is 1.86 bits per heavy atom. The Balaban J connectivity index is 0.00000127. The minimum atomic E-state index is 0.666. The third-order valence-corrected chi connectivity index (χ3v) is 7.88. The van der Waals surface area contributed by atoms with Crippen LogP contribution in [0, 0.1) is 29.6 Å². The molecule has 1 heteroatoms. The fraction of sp³-hybridized carbons (Fsp3) is 0.611. The van der Waals surface area contributed by atoms with Crippen molar-refractivity contribution in [2.45, 2.75) is 117 Å². The van der Waals surface area contributed by atoms with Gasteiger partial charge < -0.3 is 5.73 Å². The van der Waals surface area contributed by atoms with Crippen LogP contribution in [0.3, 0.4) is 0 Å². The Kier molecular flexibility index (Phi) is 17.8. The highest BCUT2D eigenvalue weighted by Gasteiger charge is 2.41. The van der Waals surface area contributed by atoms with E-state index in [1.165, 1.54) is 83.2 Å². The van der Waals surface area contributed by atoms with Crippen molar-refractivity contribution in [2.75, 3.05) is 7.05 Å². The van der Waals surface area contributed by atoms with Gasteiger partial charge in [0.15, 0.2) is 0 Å². The fourth-order valence-electron chi connectivity index (χ4n) is 6.06. The number of allylic oxidation sites excluding steroid dienone is 4. The van der Waals surface area contributed by atoms with Crippen LogP contribution in [-0.2, 0) is 12.8 Å². The average molecular weight is 504 g/mol. The van der Waals surface area contributed by atoms with Gasteiger partial charge >= 0.3 is 0 Å². The van der Waals surface area contributed by atoms with Crippen molar-refractivity contribution in [3.8, 4) is 11.8 Å². The molecule has 206 valence electrons. The van der Waals surface area contributed by atoms with E-state index in [9.17, 15) is 0 Å². The van der Waals surface area contributed by atoms with E-state index < -0.39 is 0 Å². The average Bonchev–Trinajstić information content (AvgIpc) is 3.47. The van der Waals surface area contributed by atoms with Gasteiger partial charge in [0.1, 0.15) is 0 Å². The number of hydrogen-bond acceptors (Lipinski definition) is 1. The van der Waals surface area contributed by atoms with E-state index in [0.717, 1.165) is 30.6 Å². The first-order valence-corrected chi connectivity index (χ1v) is 15.0. The molecule has 2 aliphatic rings. The van der Waals surface area contributed by atoms with E-state index in [2.05, 4.69) is 74.9 Å². The van der Waals surface area contributed by atoms with Gasteiger partial charge in [-0.15, -0.1) is 18.4 Å². The molecule has 4 atom stereocenters. The van der Waals surface area contributed by atoms with Crippen molar-refractivity contribution in [2.24, 2.45) is 23.5 Å². The lowest BCUT2D eigenvalue weighted by Crippen LogP contribution is -2.06. The van der Waals surface area contributed by atoms with E-state index in [0.29, 0.717) is 5.92 Å². The molecule has 3 rings (SSSR count). The van der Waals surface area contributed by atoms with Gasteiger partial charge in [-0.25, -0.2) is 0 Å². The second-order valence-corrected chi connectivity index (χ2v) is 10.9. The van der Waals surface area contributed by atoms with Gasteiger partial charge in [0.25, 0.3) is 0 Å². The molecule has 0 amide bonds. The van der Waals surface area contributed by atoms with Crippen molar-refractivity contribution in [3.05, 3.63) is 71.8 Å². The summed E-state index contributed by atoms with van der Waals surface area (Å²) in [5.41, 5.74) is 11.0. The Morgan fingerprint density at radius 3 is 2.57 bits per heavy atom. The molecule has 2 aliphatic carbocycles. The summed E-state index contributed by atoms with van der Waals surface area (Å²) in [5.74, 6) is 9.31. The van der Waals surface area contributed by atoms with Gasteiger partial charge in [0.2, 0.25) is 0 Å². The molecule has 0 saturated heterocycles. The number of rotatable bonds is 13. The van der Waals surface area contributed by atoms with Crippen LogP contribution in [0.4, 0.5) is 0 Å². The maximum atomic E-state index is 4.50. The number of aryl methyl sites for hydroxylation is 1. The van der Waals surface area contributed by atoms with E-state index in [4.69, 9.17) is 0 Å². The predicted octanol–water partition coefficient (Wildman–Crippen LogP) is 9.96. The second-order valence-electron chi connectivity index (χ2n) is 10.9. The third kappa shape index (κ3) is 11.5. The third-order valence-electron chi connectivity index (χ3n) is 7.88. The van der Waals surface area contributed by atoms with Gasteiger partial charge in [-0.05, 0) is 119 Å². The van der Waals surface area contributed by atoms with Crippen LogP contribution in [0.2, 0.25) is 0 Å². The maximum absolute atomic E-state index is 4.50. The number of hydrogen-bond donors (Lipinski definition) is 1. The monoisotopic (exact) mass is 503 g/mol. The quantitative estimate of drug-likeness (QED) is 0.162. The first kappa shape index (κ1) is 33.0. The highest BCUT2D eigenvalue weighted by Crippen LogP contribution is 2.53. The molecule has 1 nitrogen and oxygen atoms in total. The van der Waals surface area contributed by atoms with Crippen molar-refractivity contribution < 1.29 is 0 Å². The molecule has 2 N–H and O–H groups in total. The van der Waals surface area contributed by atoms with E-state index >= 15 is 0 Å². The molecule has 0 aliphatic heterocycles. The lowest BCUT2D eigenvalue weighted by Gasteiger charge is -2.18. The van der Waals surface area contributed by atoms with Crippen molar-refractivity contribution in [3.63, 3.8) is 0 Å². The van der Waals surface area contributed by atoms with Crippen molar-refractivity contribution in [1.82, 2.24) is 0 Å². The van der Waals surface area contributed by atoms with E-state index in [1.54, 1.807) is 22.8 Å². The normalized spacial score (nSPS) is 19.9. The van der Waals surface area contributed by atoms with Crippen LogP contribution in [-0.4, -0.2) is 7.05 Å². The summed E-state index contributed by atoms with van der Waals surface area (Å²) in [7, 11) is 1.50. The topological polar surface area (TPSA) is 26.0 Å². The summed E-state index contributed by atoms with van der Waals surface area (Å²) in [5, 5.41) is 0. The minimum absolute atomic E-state index is 0.666. The van der Waals surface area contributed by atoms with Crippen LogP contribution >= 0.6 is 0 Å². The molecule has 0 radical (unpaired) electrons. The van der Waals surface area contributed by atoms with Gasteiger partial charge in [0.05, 0.1) is 0 Å². The molecule has 1 aromatic carbocycles. The smallest absolute Gasteiger partial charge is 0.0117 e. The minimum Gasteiger partial charge on any atom is -0.333 e. The molecule has 1 fully saturated rings. The molecule has 1 aromatic rings. The van der Waals surface area contributed by atoms with Crippen LogP contribution in [0.5, 0.6) is 0 Å². The largest absolute Gasteiger partial charge is 0.333 e. The van der Waals surface area contributed by atoms with Crippen LogP contribution in [0.1, 0.15) is 121 Å². The highest BCUT2D eigenvalue weighted by atomic mass is 14.5. The first-order chi connectivity index (χ1) is 18.0. The lowest BCUT2D eigenvalue weighted by molar-refractivity contribution is 0.491. The Hall–Kier alpha value is -2.04. The molecule has 37 heavy (non-hydrogen) atoms. The Bertz CT molecular complexity index is 864. The lowest BCUT2D eigenvalue weighted by atomic mass is 9.86. The number of unbranched alkanes of at least 4 members (excludes halogenated alkanes) is 3. The standard InChI is InChI=1S/C32H46.C3H6.CH5N/c1-5-7-9-10-15-26(4)16-11-18-27-19-13-21-30-31(27)24-29-23-22-28(32(29)30)20-12-17-25(3)14-8-6-2;1-3-2;1-2/h12-13,19-21,25,28-29,32H,4-5,7,9-11,14-18,22-24H2,1-3H3;3H,1H2,2H3;2H2,1H3/b20-12+;;. The highest BCUT2D eigenvalue weighted by molar-refractivity contribution is 5.44. The molecule has 0 bridgehead atoms. The van der Waals surface area contributed by atoms with Crippen LogP contribution in [0.25, 0.3) is 0 Å². The summed E-state index contributed by atoms with van der Waals surface area (Å²) in [6.45, 7) is 16.2.